The van der Waals surface area contributed by atoms with Gasteiger partial charge in [0.15, 0.2) is 0 Å². The summed E-state index contributed by atoms with van der Waals surface area (Å²) in [6.07, 6.45) is 0. The van der Waals surface area contributed by atoms with Crippen LogP contribution in [0.1, 0.15) is 11.6 Å². The first kappa shape index (κ1) is 15.5. The summed E-state index contributed by atoms with van der Waals surface area (Å²) < 4.78 is 27.6. The number of benzene rings is 2. The minimum atomic E-state index is -0.252. The van der Waals surface area contributed by atoms with E-state index in [-0.39, 0.29) is 17.7 Å². The van der Waals surface area contributed by atoms with Gasteiger partial charge in [0.1, 0.15) is 11.6 Å². The summed E-state index contributed by atoms with van der Waals surface area (Å²) in [4.78, 5) is 0.960. The van der Waals surface area contributed by atoms with Crippen molar-refractivity contribution in [2.24, 2.45) is 0 Å². The van der Waals surface area contributed by atoms with E-state index < -0.39 is 0 Å². The average Bonchev–Trinajstić information content (AvgIpc) is 2.45. The van der Waals surface area contributed by atoms with Gasteiger partial charge in [-0.1, -0.05) is 15.9 Å². The molecule has 2 rings (SSSR count). The Balaban J connectivity index is 2.09. The number of halogens is 3. The molecule has 5 heteroatoms. The Bertz CT molecular complexity index is 575. The third-order valence-electron chi connectivity index (χ3n) is 2.91. The van der Waals surface area contributed by atoms with Crippen LogP contribution in [-0.2, 0) is 0 Å². The molecule has 0 spiro atoms. The number of thioether (sulfide) groups is 1. The summed E-state index contributed by atoms with van der Waals surface area (Å²) in [7, 11) is 1.80. The van der Waals surface area contributed by atoms with Crippen LogP contribution in [-0.4, -0.2) is 12.8 Å². The zero-order valence-electron chi connectivity index (χ0n) is 10.9. The highest BCUT2D eigenvalue weighted by Crippen LogP contribution is 2.27. The van der Waals surface area contributed by atoms with Crippen molar-refractivity contribution >= 4 is 27.7 Å². The first-order valence-corrected chi connectivity index (χ1v) is 7.88. The summed E-state index contributed by atoms with van der Waals surface area (Å²) in [5, 5.41) is 3.11. The van der Waals surface area contributed by atoms with Crippen LogP contribution in [0.15, 0.2) is 51.8 Å². The minimum absolute atomic E-state index is 0.109. The lowest BCUT2D eigenvalue weighted by molar-refractivity contribution is 0.565. The van der Waals surface area contributed by atoms with E-state index in [4.69, 9.17) is 0 Å². The normalized spacial score (nSPS) is 12.4. The number of nitrogens with one attached hydrogen (secondary N) is 1. The van der Waals surface area contributed by atoms with Crippen LogP contribution in [0.25, 0.3) is 0 Å². The molecule has 0 fully saturated rings. The van der Waals surface area contributed by atoms with Gasteiger partial charge in [-0.3, -0.25) is 0 Å². The van der Waals surface area contributed by atoms with Gasteiger partial charge in [0, 0.05) is 26.7 Å². The third-order valence-corrected chi connectivity index (χ3v) is 4.51. The maximum absolute atomic E-state index is 13.9. The van der Waals surface area contributed by atoms with E-state index in [0.717, 1.165) is 9.37 Å². The zero-order chi connectivity index (χ0) is 14.5. The molecule has 0 bridgehead atoms. The van der Waals surface area contributed by atoms with E-state index in [1.165, 1.54) is 18.2 Å². The topological polar surface area (TPSA) is 12.0 Å². The van der Waals surface area contributed by atoms with Crippen molar-refractivity contribution < 1.29 is 8.78 Å². The van der Waals surface area contributed by atoms with Crippen LogP contribution in [0.3, 0.4) is 0 Å². The molecule has 1 atom stereocenters. The molecular weight excluding hydrogens is 344 g/mol. The van der Waals surface area contributed by atoms with Gasteiger partial charge in [0.05, 0.1) is 0 Å². The molecule has 106 valence electrons. The largest absolute Gasteiger partial charge is 0.312 e. The molecule has 2 aromatic rings. The lowest BCUT2D eigenvalue weighted by Gasteiger charge is -2.17. The Hall–Kier alpha value is -0.910. The molecule has 0 heterocycles. The SMILES string of the molecule is CNC(CSc1ccc(F)cc1)c1cc(Br)ccc1F. The van der Waals surface area contributed by atoms with Crippen LogP contribution in [0.5, 0.6) is 0 Å². The summed E-state index contributed by atoms with van der Waals surface area (Å²) in [5.74, 6) is 0.181. The molecule has 20 heavy (non-hydrogen) atoms. The van der Waals surface area contributed by atoms with Gasteiger partial charge in [-0.25, -0.2) is 8.78 Å². The molecule has 1 nitrogen and oxygen atoms in total. The standard InChI is InChI=1S/C15H14BrF2NS/c1-19-15(13-8-10(16)2-7-14(13)18)9-20-12-5-3-11(17)4-6-12/h2-8,15,19H,9H2,1H3. The van der Waals surface area contributed by atoms with Crippen LogP contribution < -0.4 is 5.32 Å². The molecule has 0 aliphatic heterocycles. The van der Waals surface area contributed by atoms with E-state index in [2.05, 4.69) is 21.2 Å². The molecule has 0 amide bonds. The van der Waals surface area contributed by atoms with Crippen molar-refractivity contribution in [3.05, 3.63) is 64.1 Å². The van der Waals surface area contributed by atoms with Gasteiger partial charge >= 0.3 is 0 Å². The highest BCUT2D eigenvalue weighted by molar-refractivity contribution is 9.10. The monoisotopic (exact) mass is 357 g/mol. The van der Waals surface area contributed by atoms with E-state index in [1.807, 2.05) is 0 Å². The Morgan fingerprint density at radius 2 is 1.85 bits per heavy atom. The van der Waals surface area contributed by atoms with Crippen LogP contribution in [0.2, 0.25) is 0 Å². The highest BCUT2D eigenvalue weighted by atomic mass is 79.9. The molecule has 0 saturated carbocycles. The molecule has 1 unspecified atom stereocenters. The molecule has 1 N–H and O–H groups in total. The predicted octanol–water partition coefficient (Wildman–Crippen LogP) is 4.78. The Morgan fingerprint density at radius 3 is 2.50 bits per heavy atom. The summed E-state index contributed by atoms with van der Waals surface area (Å²) in [6, 6.07) is 11.1. The van der Waals surface area contributed by atoms with Crippen molar-refractivity contribution in [2.45, 2.75) is 10.9 Å². The quantitative estimate of drug-likeness (QED) is 0.772. The van der Waals surface area contributed by atoms with Gasteiger partial charge in [0.25, 0.3) is 0 Å². The van der Waals surface area contributed by atoms with Crippen LogP contribution in [0.4, 0.5) is 8.78 Å². The van der Waals surface area contributed by atoms with Gasteiger partial charge in [-0.2, -0.15) is 0 Å². The van der Waals surface area contributed by atoms with Crippen molar-refractivity contribution in [2.75, 3.05) is 12.8 Å². The summed E-state index contributed by atoms with van der Waals surface area (Å²) in [6.45, 7) is 0. The van der Waals surface area contributed by atoms with Crippen LogP contribution >= 0.6 is 27.7 Å². The second kappa shape index (κ2) is 7.20. The molecule has 0 aliphatic rings. The maximum atomic E-state index is 13.9. The second-order valence-electron chi connectivity index (χ2n) is 4.27. The smallest absolute Gasteiger partial charge is 0.128 e. The van der Waals surface area contributed by atoms with Crippen molar-refractivity contribution in [1.29, 1.82) is 0 Å². The molecule has 0 radical (unpaired) electrons. The Kier molecular flexibility index (Phi) is 5.57. The minimum Gasteiger partial charge on any atom is -0.312 e. The van der Waals surface area contributed by atoms with Crippen molar-refractivity contribution in [3.8, 4) is 0 Å². The first-order valence-electron chi connectivity index (χ1n) is 6.10. The first-order chi connectivity index (χ1) is 9.60. The van der Waals surface area contributed by atoms with Crippen molar-refractivity contribution in [3.63, 3.8) is 0 Å². The lowest BCUT2D eigenvalue weighted by atomic mass is 10.1. The van der Waals surface area contributed by atoms with Gasteiger partial charge in [-0.05, 0) is 49.5 Å². The van der Waals surface area contributed by atoms with E-state index in [1.54, 1.807) is 43.1 Å². The van der Waals surface area contributed by atoms with E-state index in [0.29, 0.717) is 11.3 Å². The maximum Gasteiger partial charge on any atom is 0.128 e. The molecule has 0 saturated heterocycles. The van der Waals surface area contributed by atoms with E-state index >= 15 is 0 Å². The highest BCUT2D eigenvalue weighted by Gasteiger charge is 2.14. The molecule has 0 aromatic heterocycles. The third kappa shape index (κ3) is 4.04. The predicted molar refractivity (Wildman–Crippen MR) is 83.0 cm³/mol. The molecule has 0 aliphatic carbocycles. The van der Waals surface area contributed by atoms with Crippen molar-refractivity contribution in [1.82, 2.24) is 5.32 Å². The second-order valence-corrected chi connectivity index (χ2v) is 6.28. The van der Waals surface area contributed by atoms with Gasteiger partial charge in [-0.15, -0.1) is 11.8 Å². The average molecular weight is 358 g/mol. The summed E-state index contributed by atoms with van der Waals surface area (Å²) >= 11 is 4.91. The Labute approximate surface area is 129 Å². The molecule has 2 aromatic carbocycles. The fraction of sp³-hybridized carbons (Fsp3) is 0.200. The number of rotatable bonds is 5. The fourth-order valence-electron chi connectivity index (χ4n) is 1.82. The van der Waals surface area contributed by atoms with Crippen LogP contribution in [0, 0.1) is 11.6 Å². The Morgan fingerprint density at radius 1 is 1.15 bits per heavy atom. The number of hydrogen-bond donors (Lipinski definition) is 1. The zero-order valence-corrected chi connectivity index (χ0v) is 13.3. The number of hydrogen-bond acceptors (Lipinski definition) is 2. The molecular formula is C15H14BrF2NS. The van der Waals surface area contributed by atoms with E-state index in [9.17, 15) is 8.78 Å². The fourth-order valence-corrected chi connectivity index (χ4v) is 3.23. The van der Waals surface area contributed by atoms with Gasteiger partial charge in [0.2, 0.25) is 0 Å². The summed E-state index contributed by atoms with van der Waals surface area (Å²) in [5.41, 5.74) is 0.622. The van der Waals surface area contributed by atoms with Gasteiger partial charge < -0.3 is 5.32 Å². The lowest BCUT2D eigenvalue weighted by Crippen LogP contribution is -2.20.